The zero-order valence-electron chi connectivity index (χ0n) is 10.1. The molecule has 0 spiro atoms. The van der Waals surface area contributed by atoms with Crippen molar-refractivity contribution < 1.29 is 8.42 Å². The lowest BCUT2D eigenvalue weighted by molar-refractivity contribution is 0.485. The van der Waals surface area contributed by atoms with Gasteiger partial charge in [0, 0.05) is 18.1 Å². The molecule has 1 aromatic carbocycles. The fourth-order valence-corrected chi connectivity index (χ4v) is 2.43. The highest BCUT2D eigenvalue weighted by molar-refractivity contribution is 7.90. The summed E-state index contributed by atoms with van der Waals surface area (Å²) in [5, 5.41) is 0. The smallest absolute Gasteiger partial charge is 0.147 e. The summed E-state index contributed by atoms with van der Waals surface area (Å²) in [4.78, 5) is 0. The maximum absolute atomic E-state index is 11.0. The minimum Gasteiger partial charge on any atom is -0.271 e. The Morgan fingerprint density at radius 1 is 1.29 bits per heavy atom. The second kappa shape index (κ2) is 6.74. The summed E-state index contributed by atoms with van der Waals surface area (Å²) in [7, 11) is -2.87. The Morgan fingerprint density at radius 3 is 2.47 bits per heavy atom. The van der Waals surface area contributed by atoms with Gasteiger partial charge in [0.05, 0.1) is 0 Å². The fourth-order valence-electron chi connectivity index (χ4n) is 1.73. The summed E-state index contributed by atoms with van der Waals surface area (Å²) >= 11 is 0. The molecular formula is C12H20N2O2S. The van der Waals surface area contributed by atoms with Gasteiger partial charge in [0.15, 0.2) is 0 Å². The van der Waals surface area contributed by atoms with Gasteiger partial charge in [0.1, 0.15) is 9.84 Å². The average molecular weight is 256 g/mol. The molecule has 0 fully saturated rings. The van der Waals surface area contributed by atoms with Gasteiger partial charge in [-0.3, -0.25) is 11.3 Å². The summed E-state index contributed by atoms with van der Waals surface area (Å²) in [6.45, 7) is 0. The maximum atomic E-state index is 11.0. The first-order valence-electron chi connectivity index (χ1n) is 5.69. The lowest BCUT2D eigenvalue weighted by Gasteiger charge is -2.15. The first kappa shape index (κ1) is 14.2. The largest absolute Gasteiger partial charge is 0.271 e. The Bertz CT molecular complexity index is 417. The molecule has 1 aromatic rings. The lowest BCUT2D eigenvalue weighted by atomic mass is 10.0. The van der Waals surface area contributed by atoms with E-state index in [1.54, 1.807) is 0 Å². The molecule has 0 heterocycles. The quantitative estimate of drug-likeness (QED) is 0.561. The zero-order valence-corrected chi connectivity index (χ0v) is 10.9. The SMILES string of the molecule is CS(=O)(=O)CCCC(Cc1ccccc1)NN. The van der Waals surface area contributed by atoms with Crippen LogP contribution in [0.1, 0.15) is 18.4 Å². The predicted octanol–water partition coefficient (Wildman–Crippen LogP) is 0.886. The molecule has 0 radical (unpaired) electrons. The lowest BCUT2D eigenvalue weighted by Crippen LogP contribution is -2.37. The topological polar surface area (TPSA) is 72.2 Å². The summed E-state index contributed by atoms with van der Waals surface area (Å²) < 4.78 is 22.0. The Hall–Kier alpha value is -0.910. The number of rotatable bonds is 7. The number of nitrogens with two attached hydrogens (primary N) is 1. The molecule has 1 unspecified atom stereocenters. The van der Waals surface area contributed by atoms with Crippen molar-refractivity contribution in [1.29, 1.82) is 0 Å². The highest BCUT2D eigenvalue weighted by Crippen LogP contribution is 2.07. The molecule has 4 nitrogen and oxygen atoms in total. The van der Waals surface area contributed by atoms with Crippen LogP contribution in [-0.4, -0.2) is 26.5 Å². The van der Waals surface area contributed by atoms with E-state index in [0.29, 0.717) is 6.42 Å². The molecule has 96 valence electrons. The van der Waals surface area contributed by atoms with Gasteiger partial charge in [-0.1, -0.05) is 30.3 Å². The average Bonchev–Trinajstić information content (AvgIpc) is 2.27. The molecule has 0 aliphatic carbocycles. The molecule has 0 saturated heterocycles. The summed E-state index contributed by atoms with van der Waals surface area (Å²) in [5.74, 6) is 5.69. The number of hydrazine groups is 1. The van der Waals surface area contributed by atoms with Crippen molar-refractivity contribution in [3.05, 3.63) is 35.9 Å². The molecule has 0 aliphatic rings. The van der Waals surface area contributed by atoms with Crippen LogP contribution in [0.3, 0.4) is 0 Å². The van der Waals surface area contributed by atoms with Crippen LogP contribution in [0.5, 0.6) is 0 Å². The first-order valence-corrected chi connectivity index (χ1v) is 7.75. The predicted molar refractivity (Wildman–Crippen MR) is 70.2 cm³/mol. The van der Waals surface area contributed by atoms with Crippen LogP contribution >= 0.6 is 0 Å². The first-order chi connectivity index (χ1) is 8.01. The van der Waals surface area contributed by atoms with E-state index in [2.05, 4.69) is 5.43 Å². The zero-order chi connectivity index (χ0) is 12.7. The fraction of sp³-hybridized carbons (Fsp3) is 0.500. The van der Waals surface area contributed by atoms with Gasteiger partial charge in [0.2, 0.25) is 0 Å². The molecule has 1 atom stereocenters. The van der Waals surface area contributed by atoms with E-state index in [4.69, 9.17) is 5.84 Å². The van der Waals surface area contributed by atoms with Crippen molar-refractivity contribution >= 4 is 9.84 Å². The highest BCUT2D eigenvalue weighted by atomic mass is 32.2. The molecule has 0 aliphatic heterocycles. The van der Waals surface area contributed by atoms with E-state index in [1.165, 1.54) is 11.8 Å². The van der Waals surface area contributed by atoms with E-state index in [1.807, 2.05) is 30.3 Å². The van der Waals surface area contributed by atoms with Gasteiger partial charge in [-0.2, -0.15) is 0 Å². The second-order valence-corrected chi connectivity index (χ2v) is 6.59. The molecule has 1 rings (SSSR count). The van der Waals surface area contributed by atoms with Crippen LogP contribution in [0.15, 0.2) is 30.3 Å². The van der Waals surface area contributed by atoms with E-state index >= 15 is 0 Å². The molecular weight excluding hydrogens is 236 g/mol. The van der Waals surface area contributed by atoms with Crippen molar-refractivity contribution in [2.24, 2.45) is 5.84 Å². The second-order valence-electron chi connectivity index (χ2n) is 4.33. The van der Waals surface area contributed by atoms with Crippen LogP contribution < -0.4 is 11.3 Å². The molecule has 3 N–H and O–H groups in total. The van der Waals surface area contributed by atoms with Crippen LogP contribution in [-0.2, 0) is 16.3 Å². The summed E-state index contributed by atoms with van der Waals surface area (Å²) in [6, 6.07) is 10.2. The van der Waals surface area contributed by atoms with Crippen molar-refractivity contribution in [3.63, 3.8) is 0 Å². The van der Waals surface area contributed by atoms with Gasteiger partial charge in [0.25, 0.3) is 0 Å². The third-order valence-electron chi connectivity index (χ3n) is 2.63. The monoisotopic (exact) mass is 256 g/mol. The Morgan fingerprint density at radius 2 is 1.94 bits per heavy atom. The van der Waals surface area contributed by atoms with Gasteiger partial charge in [-0.25, -0.2) is 8.42 Å². The maximum Gasteiger partial charge on any atom is 0.147 e. The third kappa shape index (κ3) is 6.41. The standard InChI is InChI=1S/C12H20N2O2S/c1-17(15,16)9-5-8-12(14-13)10-11-6-3-2-4-7-11/h2-4,6-7,12,14H,5,8-10,13H2,1H3. The van der Waals surface area contributed by atoms with E-state index < -0.39 is 9.84 Å². The van der Waals surface area contributed by atoms with Gasteiger partial charge in [-0.15, -0.1) is 0 Å². The van der Waals surface area contributed by atoms with E-state index in [-0.39, 0.29) is 11.8 Å². The number of nitrogens with one attached hydrogen (secondary N) is 1. The number of hydrogen-bond donors (Lipinski definition) is 2. The molecule has 0 aromatic heterocycles. The Labute approximate surface area is 103 Å². The molecule has 5 heteroatoms. The van der Waals surface area contributed by atoms with Gasteiger partial charge in [-0.05, 0) is 24.8 Å². The van der Waals surface area contributed by atoms with E-state index in [9.17, 15) is 8.42 Å². The number of hydrogen-bond acceptors (Lipinski definition) is 4. The Kier molecular flexibility index (Phi) is 5.61. The van der Waals surface area contributed by atoms with Crippen LogP contribution in [0.2, 0.25) is 0 Å². The normalized spacial score (nSPS) is 13.5. The molecule has 0 amide bonds. The van der Waals surface area contributed by atoms with Gasteiger partial charge >= 0.3 is 0 Å². The number of sulfone groups is 1. The van der Waals surface area contributed by atoms with Crippen LogP contribution in [0.25, 0.3) is 0 Å². The molecule has 0 saturated carbocycles. The molecule has 0 bridgehead atoms. The van der Waals surface area contributed by atoms with Gasteiger partial charge < -0.3 is 0 Å². The molecule has 17 heavy (non-hydrogen) atoms. The van der Waals surface area contributed by atoms with E-state index in [0.717, 1.165) is 12.8 Å². The minimum atomic E-state index is -2.87. The summed E-state index contributed by atoms with van der Waals surface area (Å²) in [6.07, 6.45) is 3.48. The third-order valence-corrected chi connectivity index (χ3v) is 3.66. The van der Waals surface area contributed by atoms with Crippen molar-refractivity contribution in [3.8, 4) is 0 Å². The van der Waals surface area contributed by atoms with Crippen molar-refractivity contribution in [1.82, 2.24) is 5.43 Å². The van der Waals surface area contributed by atoms with Crippen molar-refractivity contribution in [2.75, 3.05) is 12.0 Å². The highest BCUT2D eigenvalue weighted by Gasteiger charge is 2.09. The Balaban J connectivity index is 2.39. The number of benzene rings is 1. The van der Waals surface area contributed by atoms with Crippen molar-refractivity contribution in [2.45, 2.75) is 25.3 Å². The van der Waals surface area contributed by atoms with Crippen LogP contribution in [0.4, 0.5) is 0 Å². The summed E-state index contributed by atoms with van der Waals surface area (Å²) in [5.41, 5.74) is 3.95. The van der Waals surface area contributed by atoms with Crippen LogP contribution in [0, 0.1) is 0 Å². The minimum absolute atomic E-state index is 0.124.